The maximum absolute atomic E-state index is 5.24. The van der Waals surface area contributed by atoms with Crippen LogP contribution < -0.4 is 4.74 Å². The van der Waals surface area contributed by atoms with Crippen molar-refractivity contribution in [1.82, 2.24) is 9.97 Å². The Morgan fingerprint density at radius 2 is 1.68 bits per heavy atom. The molecule has 1 aliphatic carbocycles. The highest BCUT2D eigenvalue weighted by Crippen LogP contribution is 2.29. The van der Waals surface area contributed by atoms with Crippen LogP contribution >= 0.6 is 0 Å². The molecule has 0 spiro atoms. The van der Waals surface area contributed by atoms with E-state index in [0.717, 1.165) is 35.9 Å². The maximum atomic E-state index is 5.24. The van der Waals surface area contributed by atoms with Crippen LogP contribution in [0.1, 0.15) is 82.4 Å². The van der Waals surface area contributed by atoms with Crippen molar-refractivity contribution in [3.8, 4) is 17.1 Å². The van der Waals surface area contributed by atoms with E-state index in [1.54, 1.807) is 7.11 Å². The number of rotatable bonds is 11. The Labute approximate surface area is 171 Å². The van der Waals surface area contributed by atoms with Gasteiger partial charge < -0.3 is 4.74 Å². The van der Waals surface area contributed by atoms with Crippen molar-refractivity contribution in [3.63, 3.8) is 0 Å². The summed E-state index contributed by atoms with van der Waals surface area (Å²) >= 11 is 0. The molecule has 1 atom stereocenters. The maximum Gasteiger partial charge on any atom is 0.159 e. The molecule has 28 heavy (non-hydrogen) atoms. The molecule has 3 heteroatoms. The van der Waals surface area contributed by atoms with Crippen molar-refractivity contribution in [3.05, 3.63) is 41.7 Å². The molecule has 1 aliphatic rings. The van der Waals surface area contributed by atoms with Crippen LogP contribution in [0.2, 0.25) is 0 Å². The smallest absolute Gasteiger partial charge is 0.159 e. The molecule has 0 bridgehead atoms. The number of unbranched alkanes of at least 4 members (excludes halogenated alkanes) is 7. The van der Waals surface area contributed by atoms with Crippen LogP contribution in [0.25, 0.3) is 11.4 Å². The zero-order chi connectivity index (χ0) is 19.6. The van der Waals surface area contributed by atoms with Gasteiger partial charge in [-0.25, -0.2) is 9.97 Å². The zero-order valence-corrected chi connectivity index (χ0v) is 17.8. The van der Waals surface area contributed by atoms with Crippen molar-refractivity contribution in [1.29, 1.82) is 0 Å². The number of aryl methyl sites for hydroxylation is 1. The first-order chi connectivity index (χ1) is 13.8. The summed E-state index contributed by atoms with van der Waals surface area (Å²) in [5.74, 6) is 2.52. The Hall–Kier alpha value is -1.90. The molecule has 0 saturated carbocycles. The second-order valence-electron chi connectivity index (χ2n) is 8.27. The zero-order valence-electron chi connectivity index (χ0n) is 17.8. The van der Waals surface area contributed by atoms with Gasteiger partial charge in [0.25, 0.3) is 0 Å². The topological polar surface area (TPSA) is 35.0 Å². The Kier molecular flexibility index (Phi) is 8.32. The third-order valence-electron chi connectivity index (χ3n) is 6.07. The monoisotopic (exact) mass is 380 g/mol. The first kappa shape index (κ1) is 20.8. The first-order valence-electron chi connectivity index (χ1n) is 11.3. The summed E-state index contributed by atoms with van der Waals surface area (Å²) in [6.07, 6.45) is 18.2. The molecule has 3 rings (SSSR count). The van der Waals surface area contributed by atoms with Crippen LogP contribution in [0.3, 0.4) is 0 Å². The highest BCUT2D eigenvalue weighted by molar-refractivity contribution is 5.56. The summed E-state index contributed by atoms with van der Waals surface area (Å²) in [7, 11) is 1.69. The van der Waals surface area contributed by atoms with E-state index in [4.69, 9.17) is 9.72 Å². The van der Waals surface area contributed by atoms with Gasteiger partial charge in [0.15, 0.2) is 5.82 Å². The van der Waals surface area contributed by atoms with E-state index < -0.39 is 0 Å². The molecule has 0 saturated heterocycles. The standard InChI is InChI=1S/C25H36N2O/c1-3-4-5-6-7-8-9-10-11-20-12-17-24-22(18-20)19-26-25(27-24)21-13-15-23(28-2)16-14-21/h13-16,19-20H,3-12,17-18H2,1-2H3. The number of nitrogens with zero attached hydrogens (tertiary/aromatic N) is 2. The molecule has 0 aliphatic heterocycles. The quantitative estimate of drug-likeness (QED) is 0.403. The van der Waals surface area contributed by atoms with E-state index in [2.05, 4.69) is 18.1 Å². The Balaban J connectivity index is 1.44. The molecule has 1 unspecified atom stereocenters. The highest BCUT2D eigenvalue weighted by atomic mass is 16.5. The fourth-order valence-corrected chi connectivity index (χ4v) is 4.28. The lowest BCUT2D eigenvalue weighted by Gasteiger charge is -2.24. The molecule has 1 aromatic heterocycles. The molecule has 3 nitrogen and oxygen atoms in total. The molecule has 152 valence electrons. The second-order valence-corrected chi connectivity index (χ2v) is 8.27. The van der Waals surface area contributed by atoms with Gasteiger partial charge in [0, 0.05) is 17.5 Å². The predicted octanol–water partition coefficient (Wildman–Crippen LogP) is 6.79. The average molecular weight is 381 g/mol. The highest BCUT2D eigenvalue weighted by Gasteiger charge is 2.20. The minimum absolute atomic E-state index is 0.822. The summed E-state index contributed by atoms with van der Waals surface area (Å²) in [5.41, 5.74) is 3.69. The molecular formula is C25H36N2O. The van der Waals surface area contributed by atoms with E-state index >= 15 is 0 Å². The van der Waals surface area contributed by atoms with Gasteiger partial charge in [-0.15, -0.1) is 0 Å². The van der Waals surface area contributed by atoms with Crippen LogP contribution in [0.4, 0.5) is 0 Å². The molecular weight excluding hydrogens is 344 g/mol. The van der Waals surface area contributed by atoms with E-state index in [0.29, 0.717) is 0 Å². The number of ether oxygens (including phenoxy) is 1. The summed E-state index contributed by atoms with van der Waals surface area (Å²) in [5, 5.41) is 0. The minimum Gasteiger partial charge on any atom is -0.497 e. The van der Waals surface area contributed by atoms with Gasteiger partial charge >= 0.3 is 0 Å². The van der Waals surface area contributed by atoms with E-state index in [1.165, 1.54) is 75.5 Å². The van der Waals surface area contributed by atoms with Gasteiger partial charge in [-0.05, 0) is 55.0 Å². The third kappa shape index (κ3) is 6.05. The van der Waals surface area contributed by atoms with Gasteiger partial charge in [-0.3, -0.25) is 0 Å². The van der Waals surface area contributed by atoms with E-state index in [1.807, 2.05) is 24.3 Å². The second kappa shape index (κ2) is 11.2. The molecule has 0 fully saturated rings. The van der Waals surface area contributed by atoms with E-state index in [9.17, 15) is 0 Å². The van der Waals surface area contributed by atoms with Crippen molar-refractivity contribution < 1.29 is 4.74 Å². The van der Waals surface area contributed by atoms with Gasteiger partial charge in [0.1, 0.15) is 5.75 Å². The summed E-state index contributed by atoms with van der Waals surface area (Å²) in [6, 6.07) is 8.01. The summed E-state index contributed by atoms with van der Waals surface area (Å²) in [4.78, 5) is 9.51. The van der Waals surface area contributed by atoms with Gasteiger partial charge in [0.2, 0.25) is 0 Å². The first-order valence-corrected chi connectivity index (χ1v) is 11.3. The Bertz CT molecular complexity index is 711. The largest absolute Gasteiger partial charge is 0.497 e. The Morgan fingerprint density at radius 1 is 0.964 bits per heavy atom. The average Bonchev–Trinajstić information content (AvgIpc) is 2.75. The number of aromatic nitrogens is 2. The van der Waals surface area contributed by atoms with Crippen molar-refractivity contribution >= 4 is 0 Å². The Morgan fingerprint density at radius 3 is 2.39 bits per heavy atom. The molecule has 2 aromatic rings. The van der Waals surface area contributed by atoms with Gasteiger partial charge in [0.05, 0.1) is 7.11 Å². The SMILES string of the molecule is CCCCCCCCCCC1CCc2nc(-c3ccc(OC)cc3)ncc2C1. The molecule has 0 amide bonds. The number of hydrogen-bond acceptors (Lipinski definition) is 3. The van der Waals surface area contributed by atoms with E-state index in [-0.39, 0.29) is 0 Å². The lowest BCUT2D eigenvalue weighted by atomic mass is 9.84. The predicted molar refractivity (Wildman–Crippen MR) is 117 cm³/mol. The molecule has 0 radical (unpaired) electrons. The number of fused-ring (bicyclic) bond motifs is 1. The molecule has 0 N–H and O–H groups in total. The van der Waals surface area contributed by atoms with Crippen molar-refractivity contribution in [2.75, 3.05) is 7.11 Å². The number of methoxy groups -OCH3 is 1. The van der Waals surface area contributed by atoms with Crippen LogP contribution in [-0.4, -0.2) is 17.1 Å². The molecule has 1 aromatic carbocycles. The van der Waals surface area contributed by atoms with Gasteiger partial charge in [-0.1, -0.05) is 64.7 Å². The van der Waals surface area contributed by atoms with Crippen molar-refractivity contribution in [2.24, 2.45) is 5.92 Å². The van der Waals surface area contributed by atoms with Crippen LogP contribution in [0, 0.1) is 5.92 Å². The van der Waals surface area contributed by atoms with Crippen LogP contribution in [0.5, 0.6) is 5.75 Å². The fraction of sp³-hybridized carbons (Fsp3) is 0.600. The van der Waals surface area contributed by atoms with Crippen LogP contribution in [-0.2, 0) is 12.8 Å². The third-order valence-corrected chi connectivity index (χ3v) is 6.07. The summed E-state index contributed by atoms with van der Waals surface area (Å²) < 4.78 is 5.24. The normalized spacial score (nSPS) is 16.0. The van der Waals surface area contributed by atoms with Crippen molar-refractivity contribution in [2.45, 2.75) is 84.0 Å². The lowest BCUT2D eigenvalue weighted by Crippen LogP contribution is -2.16. The lowest BCUT2D eigenvalue weighted by molar-refractivity contribution is 0.399. The fourth-order valence-electron chi connectivity index (χ4n) is 4.28. The van der Waals surface area contributed by atoms with Gasteiger partial charge in [-0.2, -0.15) is 0 Å². The number of benzene rings is 1. The van der Waals surface area contributed by atoms with Crippen LogP contribution in [0.15, 0.2) is 30.5 Å². The molecule has 1 heterocycles. The minimum atomic E-state index is 0.822. The number of hydrogen-bond donors (Lipinski definition) is 0. The summed E-state index contributed by atoms with van der Waals surface area (Å²) in [6.45, 7) is 2.28.